The molecular formula is C15H25BrIN3O2S. The van der Waals surface area contributed by atoms with Gasteiger partial charge in [0.1, 0.15) is 0 Å². The maximum Gasteiger partial charge on any atom is 0.191 e. The minimum atomic E-state index is 0. The molecule has 0 spiro atoms. The zero-order valence-electron chi connectivity index (χ0n) is 13.3. The highest BCUT2D eigenvalue weighted by molar-refractivity contribution is 14.0. The Morgan fingerprint density at radius 1 is 1.48 bits per heavy atom. The summed E-state index contributed by atoms with van der Waals surface area (Å²) in [5.41, 5.74) is 0.0327. The molecule has 0 saturated carbocycles. The Bertz CT molecular complexity index is 493. The summed E-state index contributed by atoms with van der Waals surface area (Å²) in [5.74, 6) is 0.805. The molecule has 1 aromatic rings. The number of aliphatic hydroxyl groups is 1. The smallest absolute Gasteiger partial charge is 0.191 e. The third kappa shape index (κ3) is 6.85. The second-order valence-corrected chi connectivity index (χ2v) is 8.13. The van der Waals surface area contributed by atoms with Crippen molar-refractivity contribution in [3.8, 4) is 0 Å². The van der Waals surface area contributed by atoms with E-state index in [1.165, 1.54) is 4.88 Å². The normalized spacial score (nSPS) is 21.1. The lowest BCUT2D eigenvalue weighted by Crippen LogP contribution is -2.44. The molecule has 132 valence electrons. The molecule has 0 aromatic carbocycles. The predicted octanol–water partition coefficient (Wildman–Crippen LogP) is 2.63. The average Bonchev–Trinajstić information content (AvgIpc) is 3.13. The lowest BCUT2D eigenvalue weighted by molar-refractivity contribution is 0.127. The lowest BCUT2D eigenvalue weighted by Gasteiger charge is -2.27. The first-order valence-corrected chi connectivity index (χ1v) is 9.16. The van der Waals surface area contributed by atoms with Crippen LogP contribution in [0.3, 0.4) is 0 Å². The topological polar surface area (TPSA) is 65.9 Å². The first-order valence-electron chi connectivity index (χ1n) is 7.55. The van der Waals surface area contributed by atoms with Crippen molar-refractivity contribution in [3.63, 3.8) is 0 Å². The zero-order chi connectivity index (χ0) is 15.8. The van der Waals surface area contributed by atoms with Gasteiger partial charge in [0, 0.05) is 43.6 Å². The van der Waals surface area contributed by atoms with Crippen LogP contribution in [0.4, 0.5) is 0 Å². The van der Waals surface area contributed by atoms with Crippen molar-refractivity contribution in [2.24, 2.45) is 10.4 Å². The van der Waals surface area contributed by atoms with Crippen LogP contribution in [-0.2, 0) is 11.2 Å². The number of nitrogens with one attached hydrogen (secondary N) is 2. The molecule has 23 heavy (non-hydrogen) atoms. The van der Waals surface area contributed by atoms with E-state index in [4.69, 9.17) is 4.74 Å². The van der Waals surface area contributed by atoms with Crippen LogP contribution in [0.2, 0.25) is 0 Å². The van der Waals surface area contributed by atoms with Crippen LogP contribution >= 0.6 is 51.2 Å². The van der Waals surface area contributed by atoms with Crippen LogP contribution in [0.1, 0.15) is 17.7 Å². The third-order valence-corrected chi connectivity index (χ3v) is 5.66. The molecule has 5 nitrogen and oxygen atoms in total. The molecule has 2 heterocycles. The van der Waals surface area contributed by atoms with Gasteiger partial charge >= 0.3 is 0 Å². The molecule has 0 aliphatic carbocycles. The van der Waals surface area contributed by atoms with Gasteiger partial charge in [-0.3, -0.25) is 4.99 Å². The summed E-state index contributed by atoms with van der Waals surface area (Å²) in [5, 5.41) is 16.0. The number of guanidine groups is 1. The maximum absolute atomic E-state index is 9.25. The van der Waals surface area contributed by atoms with Gasteiger partial charge in [0.2, 0.25) is 0 Å². The van der Waals surface area contributed by atoms with Gasteiger partial charge in [-0.1, -0.05) is 0 Å². The van der Waals surface area contributed by atoms with Gasteiger partial charge in [0.15, 0.2) is 5.96 Å². The summed E-state index contributed by atoms with van der Waals surface area (Å²) in [6, 6.07) is 4.21. The standard InChI is InChI=1S/C15H24BrN3O2S.HI/c1-17-14(18-7-4-12-2-3-13(16)22-12)19-10-15(5-8-20)6-9-21-11-15;/h2-3,20H,4-11H2,1H3,(H2,17,18,19);1H. The molecule has 1 aliphatic rings. The number of aliphatic hydroxyl groups excluding tert-OH is 1. The largest absolute Gasteiger partial charge is 0.396 e. The molecule has 2 rings (SSSR count). The first-order chi connectivity index (χ1) is 10.7. The Kier molecular flexibility index (Phi) is 9.98. The van der Waals surface area contributed by atoms with E-state index < -0.39 is 0 Å². The summed E-state index contributed by atoms with van der Waals surface area (Å²) >= 11 is 5.24. The van der Waals surface area contributed by atoms with Crippen LogP contribution in [0.25, 0.3) is 0 Å². The number of aliphatic imine (C=N–C) groups is 1. The highest BCUT2D eigenvalue weighted by Gasteiger charge is 2.34. The van der Waals surface area contributed by atoms with Crippen LogP contribution in [0.5, 0.6) is 0 Å². The van der Waals surface area contributed by atoms with Crippen molar-refractivity contribution >= 4 is 57.2 Å². The molecule has 1 aliphatic heterocycles. The van der Waals surface area contributed by atoms with E-state index in [9.17, 15) is 5.11 Å². The monoisotopic (exact) mass is 517 g/mol. The van der Waals surface area contributed by atoms with Crippen molar-refractivity contribution in [1.29, 1.82) is 0 Å². The van der Waals surface area contributed by atoms with E-state index in [1.807, 2.05) is 0 Å². The van der Waals surface area contributed by atoms with Crippen molar-refractivity contribution in [2.75, 3.05) is 40.0 Å². The summed E-state index contributed by atoms with van der Waals surface area (Å²) in [6.45, 7) is 3.31. The molecule has 1 fully saturated rings. The Balaban J connectivity index is 0.00000264. The van der Waals surface area contributed by atoms with Gasteiger partial charge in [-0.05, 0) is 47.3 Å². The second kappa shape index (κ2) is 10.9. The zero-order valence-corrected chi connectivity index (χ0v) is 18.0. The highest BCUT2D eigenvalue weighted by Crippen LogP contribution is 2.31. The molecular weight excluding hydrogens is 493 g/mol. The Morgan fingerprint density at radius 2 is 2.30 bits per heavy atom. The van der Waals surface area contributed by atoms with Crippen LogP contribution in [0, 0.1) is 5.41 Å². The molecule has 3 N–H and O–H groups in total. The molecule has 0 radical (unpaired) electrons. The van der Waals surface area contributed by atoms with Crippen molar-refractivity contribution < 1.29 is 9.84 Å². The molecule has 0 amide bonds. The average molecular weight is 518 g/mol. The van der Waals surface area contributed by atoms with Gasteiger partial charge in [-0.25, -0.2) is 0 Å². The van der Waals surface area contributed by atoms with E-state index >= 15 is 0 Å². The summed E-state index contributed by atoms with van der Waals surface area (Å²) < 4.78 is 6.67. The third-order valence-electron chi connectivity index (χ3n) is 3.97. The minimum Gasteiger partial charge on any atom is -0.396 e. The fourth-order valence-corrected chi connectivity index (χ4v) is 4.08. The SMILES string of the molecule is CN=C(NCCc1ccc(Br)s1)NCC1(CCO)CCOC1.I. The number of rotatable bonds is 7. The van der Waals surface area contributed by atoms with E-state index in [1.54, 1.807) is 18.4 Å². The number of nitrogens with zero attached hydrogens (tertiary/aromatic N) is 1. The maximum atomic E-state index is 9.25. The number of ether oxygens (including phenoxy) is 1. The van der Waals surface area contributed by atoms with Crippen molar-refractivity contribution in [2.45, 2.75) is 19.3 Å². The number of halogens is 2. The Hall–Kier alpha value is 0.1000. The highest BCUT2D eigenvalue weighted by atomic mass is 127. The molecule has 1 unspecified atom stereocenters. The fraction of sp³-hybridized carbons (Fsp3) is 0.667. The molecule has 8 heteroatoms. The van der Waals surface area contributed by atoms with Crippen LogP contribution in [0.15, 0.2) is 20.9 Å². The number of thiophene rings is 1. The molecule has 1 atom stereocenters. The predicted molar refractivity (Wildman–Crippen MR) is 110 cm³/mol. The van der Waals surface area contributed by atoms with Crippen molar-refractivity contribution in [1.82, 2.24) is 10.6 Å². The van der Waals surface area contributed by atoms with E-state index in [0.717, 1.165) is 48.7 Å². The molecule has 1 aromatic heterocycles. The minimum absolute atomic E-state index is 0. The summed E-state index contributed by atoms with van der Waals surface area (Å²) in [7, 11) is 1.78. The van der Waals surface area contributed by atoms with E-state index in [2.05, 4.69) is 43.7 Å². The van der Waals surface area contributed by atoms with Crippen LogP contribution in [-0.4, -0.2) is 51.0 Å². The van der Waals surface area contributed by atoms with Crippen LogP contribution < -0.4 is 10.6 Å². The molecule has 1 saturated heterocycles. The number of hydrogen-bond acceptors (Lipinski definition) is 4. The Labute approximate surface area is 167 Å². The Morgan fingerprint density at radius 3 is 2.87 bits per heavy atom. The van der Waals surface area contributed by atoms with Gasteiger partial charge in [0.05, 0.1) is 10.4 Å². The second-order valence-electron chi connectivity index (χ2n) is 5.58. The van der Waals surface area contributed by atoms with Gasteiger partial charge in [0.25, 0.3) is 0 Å². The quantitative estimate of drug-likeness (QED) is 0.295. The molecule has 0 bridgehead atoms. The van der Waals surface area contributed by atoms with Gasteiger partial charge in [-0.2, -0.15) is 0 Å². The van der Waals surface area contributed by atoms with E-state index in [-0.39, 0.29) is 36.0 Å². The van der Waals surface area contributed by atoms with Gasteiger partial charge in [-0.15, -0.1) is 35.3 Å². The van der Waals surface area contributed by atoms with E-state index in [0.29, 0.717) is 6.61 Å². The van der Waals surface area contributed by atoms with Gasteiger partial charge < -0.3 is 20.5 Å². The first kappa shape index (κ1) is 21.1. The summed E-state index contributed by atoms with van der Waals surface area (Å²) in [6.07, 6.45) is 2.73. The number of hydrogen-bond donors (Lipinski definition) is 3. The summed E-state index contributed by atoms with van der Waals surface area (Å²) in [4.78, 5) is 5.61. The fourth-order valence-electron chi connectivity index (χ4n) is 2.59. The van der Waals surface area contributed by atoms with Crippen molar-refractivity contribution in [3.05, 3.63) is 20.8 Å². The lowest BCUT2D eigenvalue weighted by atomic mass is 9.84.